The average Bonchev–Trinajstić information content (AvgIpc) is 2.95. The maximum absolute atomic E-state index is 12.8. The third-order valence-corrected chi connectivity index (χ3v) is 4.98. The first kappa shape index (κ1) is 17.7. The topological polar surface area (TPSA) is 47.0 Å². The van der Waals surface area contributed by atoms with E-state index in [-0.39, 0.29) is 24.5 Å². The molecule has 22 heavy (non-hydrogen) atoms. The lowest BCUT2D eigenvalue weighted by Crippen LogP contribution is -2.58. The van der Waals surface area contributed by atoms with Gasteiger partial charge in [0.25, 0.3) is 0 Å². The van der Waals surface area contributed by atoms with Gasteiger partial charge in [-0.3, -0.25) is 9.69 Å². The van der Waals surface area contributed by atoms with E-state index >= 15 is 0 Å². The summed E-state index contributed by atoms with van der Waals surface area (Å²) in [7, 11) is 0. The predicted molar refractivity (Wildman–Crippen MR) is 88.7 cm³/mol. The molecule has 2 aliphatic rings. The van der Waals surface area contributed by atoms with Gasteiger partial charge in [-0.15, -0.1) is 0 Å². The number of hydrogen-bond acceptors (Lipinski definition) is 4. The molecule has 0 unspecified atom stereocenters. The quantitative estimate of drug-likeness (QED) is 0.819. The molecule has 0 saturated carbocycles. The first-order valence-corrected chi connectivity index (χ1v) is 8.80. The van der Waals surface area contributed by atoms with E-state index in [4.69, 9.17) is 0 Å². The van der Waals surface area contributed by atoms with Gasteiger partial charge in [0, 0.05) is 38.8 Å². The minimum atomic E-state index is -0.0342. The van der Waals surface area contributed by atoms with Gasteiger partial charge in [0.05, 0.1) is 18.6 Å². The van der Waals surface area contributed by atoms with Gasteiger partial charge < -0.3 is 14.9 Å². The second kappa shape index (κ2) is 7.75. The van der Waals surface area contributed by atoms with Crippen LogP contribution in [0.5, 0.6) is 0 Å². The fourth-order valence-electron chi connectivity index (χ4n) is 3.74. The molecule has 2 atom stereocenters. The lowest BCUT2D eigenvalue weighted by molar-refractivity contribution is -0.141. The van der Waals surface area contributed by atoms with Crippen molar-refractivity contribution < 1.29 is 9.90 Å². The molecule has 1 N–H and O–H groups in total. The molecule has 0 aromatic heterocycles. The second-order valence-corrected chi connectivity index (χ2v) is 7.60. The molecule has 2 aliphatic heterocycles. The standard InChI is InChI=1S/C17H33N3O2/c1-13(2)9-18-7-8-20(16(11-18)12-21)17(22)15-5-6-19(10-15)14(3)4/h13-16,21H,5-12H2,1-4H3/t15-,16-/m1/s1. The van der Waals surface area contributed by atoms with Crippen LogP contribution >= 0.6 is 0 Å². The highest BCUT2D eigenvalue weighted by atomic mass is 16.3. The molecule has 128 valence electrons. The van der Waals surface area contributed by atoms with Gasteiger partial charge >= 0.3 is 0 Å². The zero-order chi connectivity index (χ0) is 16.3. The maximum Gasteiger partial charge on any atom is 0.227 e. The molecule has 0 aromatic carbocycles. The van der Waals surface area contributed by atoms with Crippen molar-refractivity contribution in [2.24, 2.45) is 11.8 Å². The smallest absolute Gasteiger partial charge is 0.227 e. The van der Waals surface area contributed by atoms with Crippen LogP contribution in [-0.2, 0) is 4.79 Å². The van der Waals surface area contributed by atoms with Crippen molar-refractivity contribution in [2.75, 3.05) is 45.9 Å². The highest BCUT2D eigenvalue weighted by Gasteiger charge is 2.37. The van der Waals surface area contributed by atoms with Crippen LogP contribution in [0.15, 0.2) is 0 Å². The van der Waals surface area contributed by atoms with E-state index in [2.05, 4.69) is 37.5 Å². The largest absolute Gasteiger partial charge is 0.394 e. The van der Waals surface area contributed by atoms with Gasteiger partial charge in [-0.2, -0.15) is 0 Å². The van der Waals surface area contributed by atoms with E-state index < -0.39 is 0 Å². The molecule has 1 amide bonds. The summed E-state index contributed by atoms with van der Waals surface area (Å²) in [5, 5.41) is 9.71. The van der Waals surface area contributed by atoms with E-state index in [0.29, 0.717) is 12.0 Å². The number of rotatable bonds is 5. The summed E-state index contributed by atoms with van der Waals surface area (Å²) in [5.41, 5.74) is 0. The minimum absolute atomic E-state index is 0.0342. The Bertz CT molecular complexity index is 373. The monoisotopic (exact) mass is 311 g/mol. The Labute approximate surface area is 135 Å². The summed E-state index contributed by atoms with van der Waals surface area (Å²) in [6, 6.07) is 0.474. The third kappa shape index (κ3) is 4.21. The summed E-state index contributed by atoms with van der Waals surface area (Å²) in [5.74, 6) is 0.996. The predicted octanol–water partition coefficient (Wildman–Crippen LogP) is 0.878. The lowest BCUT2D eigenvalue weighted by Gasteiger charge is -2.42. The molecule has 2 heterocycles. The maximum atomic E-state index is 12.8. The van der Waals surface area contributed by atoms with Crippen LogP contribution in [0.2, 0.25) is 0 Å². The molecular formula is C17H33N3O2. The summed E-state index contributed by atoms with van der Waals surface area (Å²) in [6.07, 6.45) is 0.960. The van der Waals surface area contributed by atoms with Crippen LogP contribution in [0.25, 0.3) is 0 Å². The van der Waals surface area contributed by atoms with Crippen LogP contribution in [0.4, 0.5) is 0 Å². The minimum Gasteiger partial charge on any atom is -0.394 e. The van der Waals surface area contributed by atoms with E-state index in [1.807, 2.05) is 4.90 Å². The SMILES string of the molecule is CC(C)CN1CCN(C(=O)[C@@H]2CCN(C(C)C)C2)[C@@H](CO)C1. The molecule has 0 spiro atoms. The number of likely N-dealkylation sites (tertiary alicyclic amines) is 1. The van der Waals surface area contributed by atoms with E-state index in [0.717, 1.165) is 45.7 Å². The molecule has 2 saturated heterocycles. The van der Waals surface area contributed by atoms with Crippen molar-refractivity contribution in [3.8, 4) is 0 Å². The second-order valence-electron chi connectivity index (χ2n) is 7.60. The molecule has 0 aromatic rings. The summed E-state index contributed by atoms with van der Waals surface area (Å²) in [6.45, 7) is 14.3. The van der Waals surface area contributed by atoms with Crippen molar-refractivity contribution in [1.82, 2.24) is 14.7 Å². The number of piperazine rings is 1. The summed E-state index contributed by atoms with van der Waals surface area (Å²) < 4.78 is 0. The summed E-state index contributed by atoms with van der Waals surface area (Å²) >= 11 is 0. The van der Waals surface area contributed by atoms with Crippen molar-refractivity contribution in [2.45, 2.75) is 46.2 Å². The summed E-state index contributed by atoms with van der Waals surface area (Å²) in [4.78, 5) is 19.5. The Morgan fingerprint density at radius 1 is 1.14 bits per heavy atom. The van der Waals surface area contributed by atoms with Gasteiger partial charge in [0.1, 0.15) is 0 Å². The lowest BCUT2D eigenvalue weighted by atomic mass is 10.0. The van der Waals surface area contributed by atoms with Gasteiger partial charge in [0.15, 0.2) is 0 Å². The molecule has 2 fully saturated rings. The van der Waals surface area contributed by atoms with Crippen molar-refractivity contribution in [3.63, 3.8) is 0 Å². The number of carbonyl (C=O) groups excluding carboxylic acids is 1. The number of aliphatic hydroxyl groups is 1. The molecule has 5 heteroatoms. The molecule has 0 aliphatic carbocycles. The van der Waals surface area contributed by atoms with Crippen LogP contribution < -0.4 is 0 Å². The Morgan fingerprint density at radius 2 is 1.86 bits per heavy atom. The Morgan fingerprint density at radius 3 is 2.41 bits per heavy atom. The fourth-order valence-corrected chi connectivity index (χ4v) is 3.74. The van der Waals surface area contributed by atoms with E-state index in [9.17, 15) is 9.90 Å². The molecular weight excluding hydrogens is 278 g/mol. The van der Waals surface area contributed by atoms with Gasteiger partial charge in [-0.1, -0.05) is 13.8 Å². The average molecular weight is 311 g/mol. The van der Waals surface area contributed by atoms with Gasteiger partial charge in [0.2, 0.25) is 5.91 Å². The van der Waals surface area contributed by atoms with Crippen molar-refractivity contribution in [1.29, 1.82) is 0 Å². The normalized spacial score (nSPS) is 28.0. The first-order valence-electron chi connectivity index (χ1n) is 8.80. The number of carbonyl (C=O) groups is 1. The van der Waals surface area contributed by atoms with Crippen LogP contribution in [0.3, 0.4) is 0 Å². The van der Waals surface area contributed by atoms with Crippen molar-refractivity contribution >= 4 is 5.91 Å². The third-order valence-electron chi connectivity index (χ3n) is 4.98. The fraction of sp³-hybridized carbons (Fsp3) is 0.941. The van der Waals surface area contributed by atoms with Gasteiger partial charge in [-0.05, 0) is 32.7 Å². The Balaban J connectivity index is 1.92. The molecule has 0 radical (unpaired) electrons. The first-order chi connectivity index (χ1) is 10.4. The zero-order valence-corrected chi connectivity index (χ0v) is 14.7. The molecule has 5 nitrogen and oxygen atoms in total. The molecule has 0 bridgehead atoms. The number of nitrogens with zero attached hydrogens (tertiary/aromatic N) is 3. The number of aliphatic hydroxyl groups excluding tert-OH is 1. The van der Waals surface area contributed by atoms with E-state index in [1.165, 1.54) is 0 Å². The van der Waals surface area contributed by atoms with Crippen LogP contribution in [-0.4, -0.2) is 83.7 Å². The Kier molecular flexibility index (Phi) is 6.24. The number of hydrogen-bond donors (Lipinski definition) is 1. The number of amides is 1. The van der Waals surface area contributed by atoms with E-state index in [1.54, 1.807) is 0 Å². The highest BCUT2D eigenvalue weighted by molar-refractivity contribution is 5.80. The van der Waals surface area contributed by atoms with Crippen LogP contribution in [0.1, 0.15) is 34.1 Å². The van der Waals surface area contributed by atoms with Crippen molar-refractivity contribution in [3.05, 3.63) is 0 Å². The Hall–Kier alpha value is -0.650. The van der Waals surface area contributed by atoms with Gasteiger partial charge in [-0.25, -0.2) is 0 Å². The highest BCUT2D eigenvalue weighted by Crippen LogP contribution is 2.23. The van der Waals surface area contributed by atoms with Crippen LogP contribution in [0, 0.1) is 11.8 Å². The molecule has 2 rings (SSSR count). The zero-order valence-electron chi connectivity index (χ0n) is 14.7.